The minimum absolute atomic E-state index is 0.0364. The Morgan fingerprint density at radius 1 is 1.24 bits per heavy atom. The highest BCUT2D eigenvalue weighted by molar-refractivity contribution is 7.72. The van der Waals surface area contributed by atoms with Gasteiger partial charge in [-0.2, -0.15) is 4.79 Å². The molecule has 0 aliphatic carbocycles. The summed E-state index contributed by atoms with van der Waals surface area (Å²) in [4.78, 5) is 3.06. The van der Waals surface area contributed by atoms with Crippen LogP contribution in [-0.4, -0.2) is 31.8 Å². The molecule has 0 bridgehead atoms. The largest absolute Gasteiger partial charge is 0.538 e. The summed E-state index contributed by atoms with van der Waals surface area (Å²) in [6.45, 7) is 17.6. The van der Waals surface area contributed by atoms with Crippen LogP contribution in [0.3, 0.4) is 0 Å². The molecule has 8 heteroatoms. The second kappa shape index (κ2) is 7.52. The fourth-order valence-electron chi connectivity index (χ4n) is 1.27. The summed E-state index contributed by atoms with van der Waals surface area (Å²) in [6, 6.07) is 0. The van der Waals surface area contributed by atoms with Crippen molar-refractivity contribution in [1.82, 2.24) is 0 Å². The molecule has 0 amide bonds. The molecule has 122 valence electrons. The molecule has 0 N–H and O–H groups in total. The van der Waals surface area contributed by atoms with Gasteiger partial charge in [-0.3, -0.25) is 0 Å². The van der Waals surface area contributed by atoms with E-state index in [-0.39, 0.29) is 29.5 Å². The number of hydrogen-bond donors (Lipinski definition) is 0. The van der Waals surface area contributed by atoms with Crippen LogP contribution in [0.4, 0.5) is 0 Å². The monoisotopic (exact) mass is 334 g/mol. The quantitative estimate of drug-likeness (QED) is 0.164. The van der Waals surface area contributed by atoms with Crippen molar-refractivity contribution in [1.29, 1.82) is 0 Å². The van der Waals surface area contributed by atoms with E-state index in [4.69, 9.17) is 13.5 Å². The molecule has 0 aromatic carbocycles. The van der Waals surface area contributed by atoms with E-state index >= 15 is 0 Å². The molecule has 0 spiro atoms. The molecule has 0 aliphatic heterocycles. The van der Waals surface area contributed by atoms with Crippen molar-refractivity contribution in [2.45, 2.75) is 52.8 Å². The predicted octanol–water partition coefficient (Wildman–Crippen LogP) is 4.42. The van der Waals surface area contributed by atoms with Gasteiger partial charge in [-0.05, 0) is 38.6 Å². The molecular formula is C13H27N2O4PSi. The predicted molar refractivity (Wildman–Crippen MR) is 86.9 cm³/mol. The Morgan fingerprint density at radius 3 is 1.95 bits per heavy atom. The zero-order chi connectivity index (χ0) is 16.9. The van der Waals surface area contributed by atoms with E-state index in [0.29, 0.717) is 0 Å². The van der Waals surface area contributed by atoms with E-state index in [2.05, 4.69) is 32.1 Å². The van der Waals surface area contributed by atoms with Gasteiger partial charge < -0.3 is 19.0 Å². The summed E-state index contributed by atoms with van der Waals surface area (Å²) in [5.41, 5.74) is 8.95. The first-order chi connectivity index (χ1) is 9.45. The average molecular weight is 334 g/mol. The van der Waals surface area contributed by atoms with E-state index in [1.165, 1.54) is 0 Å². The molecule has 0 radical (unpaired) electrons. The number of rotatable bonds is 8. The SMILES string of the molecule is C=C(O[Si](C)(C)C(C)(C)C)C(=[N+]=[N-])P(=O)(OCC)OCC. The van der Waals surface area contributed by atoms with Crippen LogP contribution in [0.5, 0.6) is 0 Å². The van der Waals surface area contributed by atoms with Crippen LogP contribution in [0.1, 0.15) is 34.6 Å². The first-order valence-electron chi connectivity index (χ1n) is 6.95. The molecule has 0 aromatic heterocycles. The lowest BCUT2D eigenvalue weighted by Gasteiger charge is -2.36. The second-order valence-corrected chi connectivity index (χ2v) is 12.7. The third-order valence-corrected chi connectivity index (χ3v) is 9.81. The maximum atomic E-state index is 12.7. The van der Waals surface area contributed by atoms with Gasteiger partial charge >= 0.3 is 13.0 Å². The first-order valence-corrected chi connectivity index (χ1v) is 11.4. The van der Waals surface area contributed by atoms with Gasteiger partial charge in [-0.1, -0.05) is 20.8 Å². The Labute approximate surface area is 128 Å². The Balaban J connectivity index is 5.45. The Bertz CT molecular complexity index is 469. The molecule has 0 aromatic rings. The summed E-state index contributed by atoms with van der Waals surface area (Å²) in [5, 5.41) is -0.0717. The Morgan fingerprint density at radius 2 is 1.67 bits per heavy atom. The van der Waals surface area contributed by atoms with Gasteiger partial charge in [0.15, 0.2) is 5.76 Å². The molecule has 0 saturated carbocycles. The Kier molecular flexibility index (Phi) is 7.26. The van der Waals surface area contributed by atoms with Gasteiger partial charge in [-0.15, -0.1) is 0 Å². The molecule has 0 atom stereocenters. The average Bonchev–Trinajstić information content (AvgIpc) is 2.27. The third kappa shape index (κ3) is 5.20. The van der Waals surface area contributed by atoms with Crippen molar-refractivity contribution in [3.63, 3.8) is 0 Å². The van der Waals surface area contributed by atoms with Crippen molar-refractivity contribution >= 4 is 21.4 Å². The minimum Gasteiger partial charge on any atom is -0.538 e. The molecule has 21 heavy (non-hydrogen) atoms. The van der Waals surface area contributed by atoms with Crippen molar-refractivity contribution in [3.8, 4) is 0 Å². The zero-order valence-electron chi connectivity index (χ0n) is 14.1. The number of allylic oxidation sites excluding steroid dienone is 1. The molecular weight excluding hydrogens is 307 g/mol. The third-order valence-electron chi connectivity index (χ3n) is 3.39. The molecule has 0 unspecified atom stereocenters. The fourth-order valence-corrected chi connectivity index (χ4v) is 3.83. The van der Waals surface area contributed by atoms with Crippen LogP contribution in [0.25, 0.3) is 5.53 Å². The molecule has 0 heterocycles. The normalized spacial score (nSPS) is 12.7. The van der Waals surface area contributed by atoms with Crippen LogP contribution >= 0.6 is 7.60 Å². The molecule has 6 nitrogen and oxygen atoms in total. The summed E-state index contributed by atoms with van der Waals surface area (Å²) in [5.74, 6) is 0.0364. The molecule has 0 fully saturated rings. The molecule has 0 aliphatic rings. The highest BCUT2D eigenvalue weighted by Crippen LogP contribution is 2.51. The smallest absolute Gasteiger partial charge is 0.446 e. The summed E-state index contributed by atoms with van der Waals surface area (Å²) >= 11 is 0. The van der Waals surface area contributed by atoms with E-state index in [1.54, 1.807) is 13.8 Å². The lowest BCUT2D eigenvalue weighted by atomic mass is 10.2. The second-order valence-electron chi connectivity index (χ2n) is 6.04. The highest BCUT2D eigenvalue weighted by atomic mass is 31.2. The van der Waals surface area contributed by atoms with E-state index in [0.717, 1.165) is 0 Å². The van der Waals surface area contributed by atoms with E-state index < -0.39 is 15.9 Å². The van der Waals surface area contributed by atoms with Gasteiger partial charge in [0.25, 0.3) is 8.32 Å². The standard InChI is InChI=1S/C13H27N2O4PSi/c1-9-17-20(16,18-10-2)12(15-14)11(3)19-21(7,8)13(4,5)6/h3,9-10H2,1-2,4-8H3. The number of nitrogens with zero attached hydrogens (tertiary/aromatic N) is 2. The Hall–Kier alpha value is -0.713. The van der Waals surface area contributed by atoms with E-state index in [9.17, 15) is 10.1 Å². The van der Waals surface area contributed by atoms with Gasteiger partial charge in [0.1, 0.15) is 0 Å². The van der Waals surface area contributed by atoms with E-state index in [1.807, 2.05) is 13.1 Å². The first kappa shape index (κ1) is 20.3. The highest BCUT2D eigenvalue weighted by Gasteiger charge is 2.47. The van der Waals surface area contributed by atoms with Crippen molar-refractivity contribution in [2.24, 2.45) is 0 Å². The topological polar surface area (TPSA) is 81.2 Å². The zero-order valence-corrected chi connectivity index (χ0v) is 16.0. The maximum absolute atomic E-state index is 12.7. The maximum Gasteiger partial charge on any atom is 0.446 e. The van der Waals surface area contributed by atoms with Gasteiger partial charge in [0.2, 0.25) is 0 Å². The van der Waals surface area contributed by atoms with Crippen molar-refractivity contribution < 1.29 is 22.8 Å². The lowest BCUT2D eigenvalue weighted by Crippen LogP contribution is -2.41. The van der Waals surface area contributed by atoms with Gasteiger partial charge in [0, 0.05) is 0 Å². The minimum atomic E-state index is -3.73. The van der Waals surface area contributed by atoms with Gasteiger partial charge in [0.05, 0.1) is 13.2 Å². The van der Waals surface area contributed by atoms with Crippen molar-refractivity contribution in [3.05, 3.63) is 17.9 Å². The summed E-state index contributed by atoms with van der Waals surface area (Å²) in [7, 11) is -5.92. The van der Waals surface area contributed by atoms with Crippen LogP contribution < -0.4 is 0 Å². The van der Waals surface area contributed by atoms with Crippen LogP contribution in [0.15, 0.2) is 12.3 Å². The van der Waals surface area contributed by atoms with Gasteiger partial charge in [-0.25, -0.2) is 4.57 Å². The molecule has 0 saturated heterocycles. The van der Waals surface area contributed by atoms with Crippen LogP contribution in [0.2, 0.25) is 18.1 Å². The fraction of sp³-hybridized carbons (Fsp3) is 0.769. The van der Waals surface area contributed by atoms with Crippen LogP contribution in [-0.2, 0) is 18.0 Å². The molecule has 0 rings (SSSR count). The van der Waals surface area contributed by atoms with Crippen molar-refractivity contribution in [2.75, 3.05) is 13.2 Å². The summed E-state index contributed by atoms with van der Waals surface area (Å²) < 4.78 is 28.9. The number of hydrogen-bond acceptors (Lipinski definition) is 4. The lowest BCUT2D eigenvalue weighted by molar-refractivity contribution is -0.00587. The van der Waals surface area contributed by atoms with Crippen LogP contribution in [0, 0.1) is 0 Å². The summed E-state index contributed by atoms with van der Waals surface area (Å²) in [6.07, 6.45) is 0.